The molecule has 1 fully saturated rings. The van der Waals surface area contributed by atoms with Crippen LogP contribution in [0.1, 0.15) is 36.0 Å². The molecule has 0 unspecified atom stereocenters. The number of nitrogens with zero attached hydrogens (tertiary/aromatic N) is 3. The summed E-state index contributed by atoms with van der Waals surface area (Å²) in [6.45, 7) is 5.16. The summed E-state index contributed by atoms with van der Waals surface area (Å²) in [6, 6.07) is 7.22. The molecule has 1 aliphatic heterocycles. The molecule has 1 saturated heterocycles. The normalized spacial score (nSPS) is 17.0. The van der Waals surface area contributed by atoms with Crippen LogP contribution in [-0.2, 0) is 6.54 Å². The molecule has 5 heteroatoms. The highest BCUT2D eigenvalue weighted by atomic mass is 16.5. The van der Waals surface area contributed by atoms with Crippen molar-refractivity contribution in [1.29, 1.82) is 0 Å². The number of benzene rings is 1. The Hall–Kier alpha value is -2.01. The molecule has 0 aliphatic carbocycles. The van der Waals surface area contributed by atoms with E-state index in [1.807, 2.05) is 12.1 Å². The first-order chi connectivity index (χ1) is 10.2. The molecule has 2 heterocycles. The van der Waals surface area contributed by atoms with Crippen molar-refractivity contribution in [2.24, 2.45) is 5.92 Å². The molecule has 3 rings (SSSR count). The third kappa shape index (κ3) is 3.36. The Balaban J connectivity index is 1.69. The topological polar surface area (TPSA) is 59.2 Å². The zero-order valence-corrected chi connectivity index (χ0v) is 12.2. The maximum atomic E-state index is 10.8. The molecule has 0 N–H and O–H groups in total. The molecule has 0 radical (unpaired) electrons. The number of aromatic nitrogens is 2. The van der Waals surface area contributed by atoms with Crippen molar-refractivity contribution in [3.63, 3.8) is 0 Å². The molecule has 110 valence electrons. The van der Waals surface area contributed by atoms with Gasteiger partial charge < -0.3 is 4.52 Å². The van der Waals surface area contributed by atoms with Crippen molar-refractivity contribution in [2.45, 2.75) is 26.3 Å². The molecular formula is C16H19N3O2. The van der Waals surface area contributed by atoms with E-state index < -0.39 is 0 Å². The molecule has 1 aliphatic rings. The number of carbonyl (C=O) groups is 1. The molecular weight excluding hydrogens is 266 g/mol. The predicted octanol–water partition coefficient (Wildman–Crippen LogP) is 2.78. The van der Waals surface area contributed by atoms with E-state index in [0.29, 0.717) is 23.8 Å². The second-order valence-electron chi connectivity index (χ2n) is 5.71. The molecule has 0 bridgehead atoms. The lowest BCUT2D eigenvalue weighted by Gasteiger charge is -2.28. The second kappa shape index (κ2) is 6.18. The number of likely N-dealkylation sites (tertiary alicyclic amines) is 1. The summed E-state index contributed by atoms with van der Waals surface area (Å²) in [5.41, 5.74) is 1.42. The van der Waals surface area contributed by atoms with E-state index in [-0.39, 0.29) is 0 Å². The fourth-order valence-corrected chi connectivity index (χ4v) is 2.60. The van der Waals surface area contributed by atoms with Crippen LogP contribution in [0.4, 0.5) is 0 Å². The van der Waals surface area contributed by atoms with Gasteiger partial charge in [-0.25, -0.2) is 0 Å². The van der Waals surface area contributed by atoms with Crippen molar-refractivity contribution < 1.29 is 9.32 Å². The summed E-state index contributed by atoms with van der Waals surface area (Å²) in [5, 5.41) is 4.01. The van der Waals surface area contributed by atoms with Crippen LogP contribution in [0.5, 0.6) is 0 Å². The SMILES string of the molecule is CC1CCN(Cc2nc(-c3cccc(C=O)c3)no2)CC1. The summed E-state index contributed by atoms with van der Waals surface area (Å²) in [4.78, 5) is 17.6. The lowest BCUT2D eigenvalue weighted by atomic mass is 9.99. The van der Waals surface area contributed by atoms with Gasteiger partial charge in [0.05, 0.1) is 6.54 Å². The van der Waals surface area contributed by atoms with E-state index >= 15 is 0 Å². The van der Waals surface area contributed by atoms with Crippen molar-refractivity contribution in [1.82, 2.24) is 15.0 Å². The summed E-state index contributed by atoms with van der Waals surface area (Å²) in [5.74, 6) is 1.99. The number of hydrogen-bond donors (Lipinski definition) is 0. The molecule has 21 heavy (non-hydrogen) atoms. The second-order valence-corrected chi connectivity index (χ2v) is 5.71. The standard InChI is InChI=1S/C16H19N3O2/c1-12-5-7-19(8-6-12)10-15-17-16(18-21-15)14-4-2-3-13(9-14)11-20/h2-4,9,11-12H,5-8,10H2,1H3. The summed E-state index contributed by atoms with van der Waals surface area (Å²) in [6.07, 6.45) is 3.27. The number of carbonyl (C=O) groups excluding carboxylic acids is 1. The van der Waals surface area contributed by atoms with E-state index in [1.165, 1.54) is 12.8 Å². The van der Waals surface area contributed by atoms with E-state index in [0.717, 1.165) is 30.9 Å². The molecule has 0 spiro atoms. The fourth-order valence-electron chi connectivity index (χ4n) is 2.60. The van der Waals surface area contributed by atoms with Crippen LogP contribution >= 0.6 is 0 Å². The van der Waals surface area contributed by atoms with Crippen LogP contribution in [0.3, 0.4) is 0 Å². The van der Waals surface area contributed by atoms with Crippen molar-refractivity contribution in [3.05, 3.63) is 35.7 Å². The maximum Gasteiger partial charge on any atom is 0.241 e. The Labute approximate surface area is 124 Å². The maximum absolute atomic E-state index is 10.8. The van der Waals surface area contributed by atoms with E-state index in [4.69, 9.17) is 4.52 Å². The number of piperidine rings is 1. The molecule has 5 nitrogen and oxygen atoms in total. The van der Waals surface area contributed by atoms with Crippen LogP contribution in [-0.4, -0.2) is 34.4 Å². The van der Waals surface area contributed by atoms with Crippen LogP contribution in [0.25, 0.3) is 11.4 Å². The fraction of sp³-hybridized carbons (Fsp3) is 0.438. The Bertz CT molecular complexity index is 615. The summed E-state index contributed by atoms with van der Waals surface area (Å²) in [7, 11) is 0. The smallest absolute Gasteiger partial charge is 0.241 e. The zero-order valence-electron chi connectivity index (χ0n) is 12.2. The molecule has 0 amide bonds. The minimum atomic E-state index is 0.541. The third-order valence-corrected chi connectivity index (χ3v) is 3.98. The van der Waals surface area contributed by atoms with Gasteiger partial charge in [-0.15, -0.1) is 0 Å². The third-order valence-electron chi connectivity index (χ3n) is 3.98. The van der Waals surface area contributed by atoms with Gasteiger partial charge in [-0.1, -0.05) is 30.3 Å². The van der Waals surface area contributed by atoms with Gasteiger partial charge in [0.25, 0.3) is 0 Å². The van der Waals surface area contributed by atoms with Gasteiger partial charge >= 0.3 is 0 Å². The van der Waals surface area contributed by atoms with Crippen molar-refractivity contribution in [3.8, 4) is 11.4 Å². The van der Waals surface area contributed by atoms with Crippen molar-refractivity contribution >= 4 is 6.29 Å². The highest BCUT2D eigenvalue weighted by Gasteiger charge is 2.18. The van der Waals surface area contributed by atoms with E-state index in [2.05, 4.69) is 22.0 Å². The first-order valence-electron chi connectivity index (χ1n) is 7.35. The summed E-state index contributed by atoms with van der Waals surface area (Å²) >= 11 is 0. The van der Waals surface area contributed by atoms with Gasteiger partial charge in [0, 0.05) is 11.1 Å². The van der Waals surface area contributed by atoms with Crippen LogP contribution in [0.15, 0.2) is 28.8 Å². The van der Waals surface area contributed by atoms with E-state index in [1.54, 1.807) is 12.1 Å². The number of hydrogen-bond acceptors (Lipinski definition) is 5. The molecule has 1 aromatic heterocycles. The first kappa shape index (κ1) is 13.9. The quantitative estimate of drug-likeness (QED) is 0.808. The molecule has 0 saturated carbocycles. The van der Waals surface area contributed by atoms with E-state index in [9.17, 15) is 4.79 Å². The van der Waals surface area contributed by atoms with Crippen LogP contribution < -0.4 is 0 Å². The van der Waals surface area contributed by atoms with Crippen molar-refractivity contribution in [2.75, 3.05) is 13.1 Å². The van der Waals surface area contributed by atoms with Gasteiger partial charge in [0.15, 0.2) is 0 Å². The van der Waals surface area contributed by atoms with Gasteiger partial charge in [-0.2, -0.15) is 4.98 Å². The Morgan fingerprint density at radius 1 is 1.38 bits per heavy atom. The van der Waals surface area contributed by atoms with Crippen LogP contribution in [0.2, 0.25) is 0 Å². The average molecular weight is 285 g/mol. The lowest BCUT2D eigenvalue weighted by Crippen LogP contribution is -2.32. The molecule has 2 aromatic rings. The van der Waals surface area contributed by atoms with Crippen LogP contribution in [0, 0.1) is 5.92 Å². The molecule has 1 aromatic carbocycles. The largest absolute Gasteiger partial charge is 0.338 e. The van der Waals surface area contributed by atoms with Gasteiger partial charge in [0.2, 0.25) is 11.7 Å². The van der Waals surface area contributed by atoms with Gasteiger partial charge in [0.1, 0.15) is 6.29 Å². The minimum Gasteiger partial charge on any atom is -0.338 e. The lowest BCUT2D eigenvalue weighted by molar-refractivity contribution is 0.112. The van der Waals surface area contributed by atoms with Gasteiger partial charge in [-0.05, 0) is 37.9 Å². The minimum absolute atomic E-state index is 0.541. The zero-order chi connectivity index (χ0) is 14.7. The predicted molar refractivity (Wildman–Crippen MR) is 78.8 cm³/mol. The number of rotatable bonds is 4. The average Bonchev–Trinajstić information content (AvgIpc) is 2.98. The molecule has 0 atom stereocenters. The Morgan fingerprint density at radius 2 is 2.19 bits per heavy atom. The first-order valence-corrected chi connectivity index (χ1v) is 7.35. The monoisotopic (exact) mass is 285 g/mol. The highest BCUT2D eigenvalue weighted by Crippen LogP contribution is 2.20. The Morgan fingerprint density at radius 3 is 2.95 bits per heavy atom. The van der Waals surface area contributed by atoms with Gasteiger partial charge in [-0.3, -0.25) is 9.69 Å². The highest BCUT2D eigenvalue weighted by molar-refractivity contribution is 5.77. The number of aldehydes is 1. The summed E-state index contributed by atoms with van der Waals surface area (Å²) < 4.78 is 5.33. The Kier molecular flexibility index (Phi) is 4.10.